The lowest BCUT2D eigenvalue weighted by Gasteiger charge is -2.13. The number of thiophene rings is 1. The molecule has 2 heterocycles. The number of furan rings is 1. The van der Waals surface area contributed by atoms with Gasteiger partial charge < -0.3 is 9.52 Å². The van der Waals surface area contributed by atoms with E-state index >= 15 is 0 Å². The fourth-order valence-electron chi connectivity index (χ4n) is 1.34. The first-order valence-electron chi connectivity index (χ1n) is 4.83. The summed E-state index contributed by atoms with van der Waals surface area (Å²) < 4.78 is 31.5. The van der Waals surface area contributed by atoms with Crippen molar-refractivity contribution in [3.63, 3.8) is 0 Å². The molecule has 0 saturated carbocycles. The number of aliphatic hydroxyl groups is 1. The summed E-state index contributed by atoms with van der Waals surface area (Å²) in [4.78, 5) is 0. The Kier molecular flexibility index (Phi) is 3.63. The molecule has 5 nitrogen and oxygen atoms in total. The van der Waals surface area contributed by atoms with Crippen LogP contribution in [0.3, 0.4) is 0 Å². The van der Waals surface area contributed by atoms with Crippen LogP contribution in [0.15, 0.2) is 44.5 Å². The van der Waals surface area contributed by atoms with E-state index in [1.54, 1.807) is 23.6 Å². The Balaban J connectivity index is 2.20. The van der Waals surface area contributed by atoms with Crippen LogP contribution in [0.2, 0.25) is 0 Å². The Morgan fingerprint density at radius 2 is 2.24 bits per heavy atom. The summed E-state index contributed by atoms with van der Waals surface area (Å²) in [6.07, 6.45) is 1.43. The van der Waals surface area contributed by atoms with Crippen molar-refractivity contribution >= 4 is 21.4 Å². The van der Waals surface area contributed by atoms with Gasteiger partial charge in [-0.3, -0.25) is 0 Å². The first kappa shape index (κ1) is 12.3. The lowest BCUT2D eigenvalue weighted by atomic mass is 10.2. The molecule has 0 bridgehead atoms. The maximum absolute atomic E-state index is 11.9. The van der Waals surface area contributed by atoms with Crippen LogP contribution in [0.5, 0.6) is 0 Å². The molecule has 0 saturated heterocycles. The van der Waals surface area contributed by atoms with Crippen molar-refractivity contribution < 1.29 is 17.9 Å². The number of sulfonamides is 1. The van der Waals surface area contributed by atoms with Crippen LogP contribution in [0.25, 0.3) is 0 Å². The molecule has 0 fully saturated rings. The molecule has 0 aliphatic heterocycles. The summed E-state index contributed by atoms with van der Waals surface area (Å²) in [6, 6.07) is 5.64. The molecule has 7 heteroatoms. The number of rotatable bonds is 5. The summed E-state index contributed by atoms with van der Waals surface area (Å²) in [5, 5.41) is 10.9. The number of aliphatic hydroxyl groups excluding tert-OH is 1. The van der Waals surface area contributed by atoms with Gasteiger partial charge in [-0.05, 0) is 23.6 Å². The molecular formula is C10H11NO4S2. The normalized spacial score (nSPS) is 13.7. The van der Waals surface area contributed by atoms with E-state index < -0.39 is 16.1 Å². The summed E-state index contributed by atoms with van der Waals surface area (Å²) in [6.45, 7) is -0.363. The zero-order valence-corrected chi connectivity index (χ0v) is 10.4. The van der Waals surface area contributed by atoms with E-state index in [-0.39, 0.29) is 10.8 Å². The zero-order valence-electron chi connectivity index (χ0n) is 8.74. The molecule has 0 amide bonds. The van der Waals surface area contributed by atoms with E-state index in [9.17, 15) is 13.5 Å². The van der Waals surface area contributed by atoms with Crippen LogP contribution < -0.4 is 4.72 Å². The third kappa shape index (κ3) is 2.75. The standard InChI is InChI=1S/C10H11NO4S2/c12-7-8(9-3-1-5-15-9)11-17(13,14)10-4-2-6-16-10/h1-6,8,11-12H,7H2. The Hall–Kier alpha value is -1.15. The molecule has 2 aromatic heterocycles. The summed E-state index contributed by atoms with van der Waals surface area (Å²) in [7, 11) is -3.61. The van der Waals surface area contributed by atoms with Gasteiger partial charge in [0.05, 0.1) is 12.9 Å². The van der Waals surface area contributed by atoms with E-state index in [4.69, 9.17) is 4.42 Å². The first-order chi connectivity index (χ1) is 8.13. The Morgan fingerprint density at radius 1 is 1.41 bits per heavy atom. The van der Waals surface area contributed by atoms with Crippen molar-refractivity contribution in [1.82, 2.24) is 4.72 Å². The van der Waals surface area contributed by atoms with Crippen LogP contribution >= 0.6 is 11.3 Å². The van der Waals surface area contributed by atoms with Crippen LogP contribution in [-0.4, -0.2) is 20.1 Å². The smallest absolute Gasteiger partial charge is 0.250 e. The second-order valence-corrected chi connectivity index (χ2v) is 6.19. The molecule has 2 rings (SSSR count). The number of hydrogen-bond acceptors (Lipinski definition) is 5. The van der Waals surface area contributed by atoms with Gasteiger partial charge in [-0.25, -0.2) is 8.42 Å². The van der Waals surface area contributed by atoms with Gasteiger partial charge in [0.2, 0.25) is 0 Å². The van der Waals surface area contributed by atoms with Gasteiger partial charge in [-0.1, -0.05) is 6.07 Å². The van der Waals surface area contributed by atoms with Gasteiger partial charge in [-0.2, -0.15) is 4.72 Å². The largest absolute Gasteiger partial charge is 0.468 e. The van der Waals surface area contributed by atoms with E-state index in [2.05, 4.69) is 4.72 Å². The highest BCUT2D eigenvalue weighted by molar-refractivity contribution is 7.91. The van der Waals surface area contributed by atoms with E-state index in [0.29, 0.717) is 5.76 Å². The predicted molar refractivity (Wildman–Crippen MR) is 63.2 cm³/mol. The highest BCUT2D eigenvalue weighted by Crippen LogP contribution is 2.20. The molecule has 1 atom stereocenters. The topological polar surface area (TPSA) is 79.5 Å². The van der Waals surface area contributed by atoms with Gasteiger partial charge in [-0.15, -0.1) is 11.3 Å². The highest BCUT2D eigenvalue weighted by Gasteiger charge is 2.23. The fraction of sp³-hybridized carbons (Fsp3) is 0.200. The molecule has 0 radical (unpaired) electrons. The summed E-state index contributed by atoms with van der Waals surface area (Å²) in [5.41, 5.74) is 0. The monoisotopic (exact) mass is 273 g/mol. The van der Waals surface area contributed by atoms with Gasteiger partial charge >= 0.3 is 0 Å². The van der Waals surface area contributed by atoms with Crippen molar-refractivity contribution in [3.05, 3.63) is 41.7 Å². The zero-order chi connectivity index (χ0) is 12.3. The summed E-state index contributed by atoms with van der Waals surface area (Å²) in [5.74, 6) is 0.382. The van der Waals surface area contributed by atoms with Crippen molar-refractivity contribution in [2.45, 2.75) is 10.3 Å². The molecule has 0 aliphatic carbocycles. The predicted octanol–water partition coefficient (Wildman–Crippen LogP) is 1.35. The van der Waals surface area contributed by atoms with Gasteiger partial charge in [0.25, 0.3) is 10.0 Å². The third-order valence-corrected chi connectivity index (χ3v) is 5.00. The van der Waals surface area contributed by atoms with Gasteiger partial charge in [0.1, 0.15) is 16.0 Å². The van der Waals surface area contributed by atoms with E-state index in [1.165, 1.54) is 12.3 Å². The highest BCUT2D eigenvalue weighted by atomic mass is 32.2. The lowest BCUT2D eigenvalue weighted by molar-refractivity contribution is 0.242. The third-order valence-electron chi connectivity index (χ3n) is 2.13. The molecule has 0 aliphatic rings. The molecule has 1 unspecified atom stereocenters. The molecule has 17 heavy (non-hydrogen) atoms. The minimum absolute atomic E-state index is 0.211. The summed E-state index contributed by atoms with van der Waals surface area (Å²) >= 11 is 1.12. The Labute approximate surface area is 103 Å². The second-order valence-electron chi connectivity index (χ2n) is 3.30. The molecular weight excluding hydrogens is 262 g/mol. The van der Waals surface area contributed by atoms with Crippen molar-refractivity contribution in [2.24, 2.45) is 0 Å². The van der Waals surface area contributed by atoms with Crippen molar-refractivity contribution in [2.75, 3.05) is 6.61 Å². The maximum atomic E-state index is 11.9. The Morgan fingerprint density at radius 3 is 2.76 bits per heavy atom. The second kappa shape index (κ2) is 5.01. The lowest BCUT2D eigenvalue weighted by Crippen LogP contribution is -2.30. The average Bonchev–Trinajstić information content (AvgIpc) is 2.97. The molecule has 0 spiro atoms. The van der Waals surface area contributed by atoms with Crippen molar-refractivity contribution in [3.8, 4) is 0 Å². The van der Waals surface area contributed by atoms with E-state index in [0.717, 1.165) is 11.3 Å². The number of hydrogen-bond donors (Lipinski definition) is 2. The quantitative estimate of drug-likeness (QED) is 0.862. The van der Waals surface area contributed by atoms with Crippen LogP contribution in [0.1, 0.15) is 11.8 Å². The van der Waals surface area contributed by atoms with Crippen molar-refractivity contribution in [1.29, 1.82) is 0 Å². The molecule has 2 N–H and O–H groups in total. The minimum Gasteiger partial charge on any atom is -0.468 e. The fourth-order valence-corrected chi connectivity index (χ4v) is 3.54. The SMILES string of the molecule is O=S(=O)(NC(CO)c1ccco1)c1cccs1. The molecule has 0 aromatic carbocycles. The molecule has 2 aromatic rings. The Bertz CT molecular complexity index is 545. The molecule has 92 valence electrons. The van der Waals surface area contributed by atoms with Gasteiger partial charge in [0.15, 0.2) is 0 Å². The van der Waals surface area contributed by atoms with E-state index in [1.807, 2.05) is 0 Å². The average molecular weight is 273 g/mol. The van der Waals surface area contributed by atoms with Crippen LogP contribution in [0, 0.1) is 0 Å². The van der Waals surface area contributed by atoms with Crippen LogP contribution in [0.4, 0.5) is 0 Å². The maximum Gasteiger partial charge on any atom is 0.250 e. The minimum atomic E-state index is -3.61. The van der Waals surface area contributed by atoms with Crippen LogP contribution in [-0.2, 0) is 10.0 Å². The van der Waals surface area contributed by atoms with Gasteiger partial charge in [0, 0.05) is 0 Å². The number of nitrogens with one attached hydrogen (secondary N) is 1. The first-order valence-corrected chi connectivity index (χ1v) is 7.20.